The lowest BCUT2D eigenvalue weighted by Crippen LogP contribution is -2.12. The monoisotopic (exact) mass is 447 g/mol. The largest absolute Gasteiger partial charge is 0.482 e. The number of hydrogen-bond acceptors (Lipinski definition) is 3. The van der Waals surface area contributed by atoms with Gasteiger partial charge < -0.3 is 19.6 Å². The average molecular weight is 447 g/mol. The maximum Gasteiger partial charge on any atom is 0.420 e. The van der Waals surface area contributed by atoms with Gasteiger partial charge in [0.25, 0.3) is 0 Å². The quantitative estimate of drug-likeness (QED) is 0.436. The summed E-state index contributed by atoms with van der Waals surface area (Å²) in [6, 6.07) is 7.34. The van der Waals surface area contributed by atoms with Crippen LogP contribution in [-0.4, -0.2) is 22.7 Å². The van der Waals surface area contributed by atoms with Gasteiger partial charge in [-0.1, -0.05) is 19.3 Å². The number of carboxylic acids is 1. The highest BCUT2D eigenvalue weighted by atomic mass is 19.4. The predicted molar refractivity (Wildman–Crippen MR) is 114 cm³/mol. The molecule has 2 aromatic carbocycles. The summed E-state index contributed by atoms with van der Waals surface area (Å²) in [4.78, 5) is 14.0. The fourth-order valence-corrected chi connectivity index (χ4v) is 4.37. The lowest BCUT2D eigenvalue weighted by atomic mass is 9.84. The van der Waals surface area contributed by atoms with Gasteiger partial charge in [0.1, 0.15) is 22.8 Å². The highest BCUT2D eigenvalue weighted by Gasteiger charge is 2.36. The summed E-state index contributed by atoms with van der Waals surface area (Å²) in [5, 5.41) is 9.69. The van der Waals surface area contributed by atoms with Gasteiger partial charge in [-0.3, -0.25) is 0 Å². The number of nitrogens with one attached hydrogen (secondary N) is 1. The van der Waals surface area contributed by atoms with Crippen LogP contribution in [-0.2, 0) is 11.0 Å². The molecule has 0 saturated heterocycles. The average Bonchev–Trinajstić information content (AvgIpc) is 3.17. The molecule has 1 aliphatic carbocycles. The Morgan fingerprint density at radius 1 is 1.12 bits per heavy atom. The summed E-state index contributed by atoms with van der Waals surface area (Å²) < 4.78 is 52.0. The molecular formula is C24H24F3NO4. The summed E-state index contributed by atoms with van der Waals surface area (Å²) in [5.41, 5.74) is 1.28. The maximum absolute atomic E-state index is 13.8. The van der Waals surface area contributed by atoms with Crippen LogP contribution in [0.1, 0.15) is 54.7 Å². The number of rotatable bonds is 6. The van der Waals surface area contributed by atoms with E-state index in [9.17, 15) is 18.0 Å². The Kier molecular flexibility index (Phi) is 6.04. The first-order chi connectivity index (χ1) is 15.2. The third kappa shape index (κ3) is 4.69. The molecule has 0 aliphatic heterocycles. The number of alkyl halides is 3. The van der Waals surface area contributed by atoms with Crippen LogP contribution in [0.3, 0.4) is 0 Å². The fourth-order valence-electron chi connectivity index (χ4n) is 4.37. The van der Waals surface area contributed by atoms with Crippen molar-refractivity contribution in [1.82, 2.24) is 4.98 Å². The van der Waals surface area contributed by atoms with Gasteiger partial charge >= 0.3 is 12.1 Å². The van der Waals surface area contributed by atoms with Crippen molar-refractivity contribution in [1.29, 1.82) is 0 Å². The molecule has 1 aliphatic rings. The van der Waals surface area contributed by atoms with Gasteiger partial charge in [-0.25, -0.2) is 4.79 Å². The zero-order chi connectivity index (χ0) is 22.9. The van der Waals surface area contributed by atoms with Crippen LogP contribution < -0.4 is 9.47 Å². The second-order valence-electron chi connectivity index (χ2n) is 8.19. The van der Waals surface area contributed by atoms with E-state index in [1.54, 1.807) is 12.1 Å². The molecular weight excluding hydrogens is 423 g/mol. The smallest absolute Gasteiger partial charge is 0.420 e. The number of carbonyl (C=O) groups is 1. The summed E-state index contributed by atoms with van der Waals surface area (Å²) in [5.74, 6) is -1.03. The summed E-state index contributed by atoms with van der Waals surface area (Å²) in [6.07, 6.45) is 3.09. The van der Waals surface area contributed by atoms with Crippen molar-refractivity contribution < 1.29 is 32.5 Å². The minimum Gasteiger partial charge on any atom is -0.482 e. The van der Waals surface area contributed by atoms with Gasteiger partial charge in [0.05, 0.1) is 0 Å². The van der Waals surface area contributed by atoms with Crippen molar-refractivity contribution in [2.75, 3.05) is 6.61 Å². The van der Waals surface area contributed by atoms with E-state index in [0.29, 0.717) is 11.7 Å². The summed E-state index contributed by atoms with van der Waals surface area (Å²) in [6.45, 7) is 0.742. The number of hydrogen-bond donors (Lipinski definition) is 2. The zero-order valence-corrected chi connectivity index (χ0v) is 17.6. The van der Waals surface area contributed by atoms with Gasteiger partial charge in [0.2, 0.25) is 0 Å². The van der Waals surface area contributed by atoms with Crippen molar-refractivity contribution in [2.45, 2.75) is 51.1 Å². The molecule has 8 heteroatoms. The first-order valence-corrected chi connectivity index (χ1v) is 10.6. The first kappa shape index (κ1) is 22.0. The molecule has 0 amide bonds. The van der Waals surface area contributed by atoms with Crippen molar-refractivity contribution in [3.63, 3.8) is 0 Å². The summed E-state index contributed by atoms with van der Waals surface area (Å²) >= 11 is 0. The molecule has 32 heavy (non-hydrogen) atoms. The van der Waals surface area contributed by atoms with E-state index in [4.69, 9.17) is 14.6 Å². The number of aliphatic carboxylic acids is 1. The Morgan fingerprint density at radius 3 is 2.56 bits per heavy atom. The molecule has 1 aromatic heterocycles. The van der Waals surface area contributed by atoms with Gasteiger partial charge in [-0.15, -0.1) is 0 Å². The minimum atomic E-state index is -4.70. The molecule has 4 rings (SSSR count). The van der Waals surface area contributed by atoms with Crippen LogP contribution in [0, 0.1) is 6.92 Å². The lowest BCUT2D eigenvalue weighted by molar-refractivity contribution is -0.139. The highest BCUT2D eigenvalue weighted by Crippen LogP contribution is 2.43. The van der Waals surface area contributed by atoms with Crippen molar-refractivity contribution in [3.05, 3.63) is 53.2 Å². The fraction of sp³-hybridized carbons (Fsp3) is 0.375. The first-order valence-electron chi connectivity index (χ1n) is 10.6. The molecule has 1 heterocycles. The van der Waals surface area contributed by atoms with Crippen molar-refractivity contribution in [3.8, 4) is 17.2 Å². The standard InChI is InChI=1S/C24H24F3NO4/c1-14-9-17(31-13-22(29)30)11-20(24(25,26)27)23(14)32-16-7-8-21-18(10-16)19(12-28-21)15-5-3-2-4-6-15/h7-12,15,28H,2-6,13H2,1H3,(H,29,30). The number of halogens is 3. The number of carboxylic acid groups (broad SMARTS) is 1. The normalized spacial score (nSPS) is 15.1. The molecule has 0 unspecified atom stereocenters. The lowest BCUT2D eigenvalue weighted by Gasteiger charge is -2.21. The number of ether oxygens (including phenoxy) is 2. The van der Waals surface area contributed by atoms with E-state index < -0.39 is 24.3 Å². The van der Waals surface area contributed by atoms with Crippen LogP contribution >= 0.6 is 0 Å². The summed E-state index contributed by atoms with van der Waals surface area (Å²) in [7, 11) is 0. The van der Waals surface area contributed by atoms with Gasteiger partial charge in [-0.2, -0.15) is 13.2 Å². The third-order valence-corrected chi connectivity index (χ3v) is 5.87. The Hall–Kier alpha value is -3.16. The second kappa shape index (κ2) is 8.76. The van der Waals surface area contributed by atoms with Crippen LogP contribution in [0.2, 0.25) is 0 Å². The van der Waals surface area contributed by atoms with E-state index in [0.717, 1.165) is 29.8 Å². The minimum absolute atomic E-state index is 0.176. The molecule has 1 fully saturated rings. The Balaban J connectivity index is 1.69. The number of benzene rings is 2. The van der Waals surface area contributed by atoms with E-state index in [2.05, 4.69) is 4.98 Å². The van der Waals surface area contributed by atoms with Gasteiger partial charge in [0.15, 0.2) is 6.61 Å². The molecule has 0 bridgehead atoms. The number of aromatic nitrogens is 1. The predicted octanol–water partition coefficient (Wildman–Crippen LogP) is 6.80. The molecule has 0 spiro atoms. The number of fused-ring (bicyclic) bond motifs is 1. The maximum atomic E-state index is 13.8. The topological polar surface area (TPSA) is 71.6 Å². The Morgan fingerprint density at radius 2 is 1.88 bits per heavy atom. The molecule has 0 radical (unpaired) electrons. The number of H-pyrrole nitrogens is 1. The number of aromatic amines is 1. The SMILES string of the molecule is Cc1cc(OCC(=O)O)cc(C(F)(F)F)c1Oc1ccc2[nH]cc(C3CCCCC3)c2c1. The highest BCUT2D eigenvalue weighted by molar-refractivity contribution is 5.85. The van der Waals surface area contributed by atoms with Crippen LogP contribution in [0.4, 0.5) is 13.2 Å². The van der Waals surface area contributed by atoms with Crippen LogP contribution in [0.5, 0.6) is 17.2 Å². The number of aryl methyl sites for hydroxylation is 1. The Labute approximate surface area is 183 Å². The second-order valence-corrected chi connectivity index (χ2v) is 8.19. The van der Waals surface area contributed by atoms with Crippen molar-refractivity contribution in [2.24, 2.45) is 0 Å². The van der Waals surface area contributed by atoms with Gasteiger partial charge in [-0.05, 0) is 67.1 Å². The van der Waals surface area contributed by atoms with E-state index >= 15 is 0 Å². The van der Waals surface area contributed by atoms with E-state index in [-0.39, 0.29) is 17.1 Å². The third-order valence-electron chi connectivity index (χ3n) is 5.87. The van der Waals surface area contributed by atoms with Crippen LogP contribution in [0.25, 0.3) is 10.9 Å². The van der Waals surface area contributed by atoms with Crippen LogP contribution in [0.15, 0.2) is 36.5 Å². The zero-order valence-electron chi connectivity index (χ0n) is 17.6. The van der Waals surface area contributed by atoms with Crippen molar-refractivity contribution >= 4 is 16.9 Å². The van der Waals surface area contributed by atoms with E-state index in [1.165, 1.54) is 37.8 Å². The molecule has 0 atom stereocenters. The van der Waals surface area contributed by atoms with Gasteiger partial charge in [0, 0.05) is 17.1 Å². The molecule has 5 nitrogen and oxygen atoms in total. The Bertz CT molecular complexity index is 1130. The molecule has 1 saturated carbocycles. The molecule has 3 aromatic rings. The van der Waals surface area contributed by atoms with E-state index in [1.807, 2.05) is 12.3 Å². The molecule has 2 N–H and O–H groups in total. The molecule has 170 valence electrons.